The van der Waals surface area contributed by atoms with Gasteiger partial charge in [-0.25, -0.2) is 0 Å². The highest BCUT2D eigenvalue weighted by Crippen LogP contribution is 2.19. The molecule has 0 heterocycles. The van der Waals surface area contributed by atoms with Crippen LogP contribution in [0.4, 0.5) is 0 Å². The van der Waals surface area contributed by atoms with E-state index in [1.165, 1.54) is 5.56 Å². The fourth-order valence-electron chi connectivity index (χ4n) is 1.76. The fourth-order valence-corrected chi connectivity index (χ4v) is 1.76. The Kier molecular flexibility index (Phi) is 3.54. The van der Waals surface area contributed by atoms with E-state index < -0.39 is 0 Å². The quantitative estimate of drug-likeness (QED) is 0.761. The topological polar surface area (TPSA) is 29.5 Å². The van der Waals surface area contributed by atoms with Crippen LogP contribution in [-0.4, -0.2) is 17.8 Å². The highest BCUT2D eigenvalue weighted by molar-refractivity contribution is 5.13. The molecule has 80 valence electrons. The number of allylic oxidation sites excluding steroid dienone is 1. The SMILES string of the molecule is O[C@H]1C=CC[C@@H]1COCc1ccccc1. The summed E-state index contributed by atoms with van der Waals surface area (Å²) in [5.74, 6) is 0.244. The van der Waals surface area contributed by atoms with Gasteiger partial charge in [-0.2, -0.15) is 0 Å². The predicted octanol–water partition coefficient (Wildman–Crippen LogP) is 2.14. The summed E-state index contributed by atoms with van der Waals surface area (Å²) in [6.45, 7) is 1.26. The van der Waals surface area contributed by atoms with Crippen molar-refractivity contribution in [3.8, 4) is 0 Å². The molecule has 2 heteroatoms. The van der Waals surface area contributed by atoms with E-state index in [-0.39, 0.29) is 12.0 Å². The van der Waals surface area contributed by atoms with Gasteiger partial charge >= 0.3 is 0 Å². The van der Waals surface area contributed by atoms with Crippen LogP contribution in [-0.2, 0) is 11.3 Å². The largest absolute Gasteiger partial charge is 0.389 e. The van der Waals surface area contributed by atoms with E-state index in [0.717, 1.165) is 6.42 Å². The van der Waals surface area contributed by atoms with Crippen LogP contribution in [0.5, 0.6) is 0 Å². The lowest BCUT2D eigenvalue weighted by molar-refractivity contribution is 0.0466. The van der Waals surface area contributed by atoms with Gasteiger partial charge in [0.05, 0.1) is 19.3 Å². The Morgan fingerprint density at radius 2 is 2.07 bits per heavy atom. The molecule has 1 aliphatic rings. The van der Waals surface area contributed by atoms with E-state index in [1.807, 2.05) is 42.5 Å². The maximum atomic E-state index is 9.52. The van der Waals surface area contributed by atoms with Crippen LogP contribution < -0.4 is 0 Å². The Morgan fingerprint density at radius 1 is 1.27 bits per heavy atom. The van der Waals surface area contributed by atoms with E-state index in [2.05, 4.69) is 0 Å². The Hall–Kier alpha value is -1.12. The van der Waals surface area contributed by atoms with Crippen LogP contribution in [0.15, 0.2) is 42.5 Å². The van der Waals surface area contributed by atoms with Gasteiger partial charge in [-0.1, -0.05) is 42.5 Å². The minimum atomic E-state index is -0.319. The summed E-state index contributed by atoms with van der Waals surface area (Å²) < 4.78 is 5.57. The molecule has 1 aromatic carbocycles. The van der Waals surface area contributed by atoms with Crippen LogP contribution in [0.3, 0.4) is 0 Å². The normalized spacial score (nSPS) is 24.6. The molecular weight excluding hydrogens is 188 g/mol. The van der Waals surface area contributed by atoms with Gasteiger partial charge in [0.15, 0.2) is 0 Å². The van der Waals surface area contributed by atoms with E-state index in [0.29, 0.717) is 13.2 Å². The third-order valence-corrected chi connectivity index (χ3v) is 2.70. The van der Waals surface area contributed by atoms with Crippen molar-refractivity contribution in [1.82, 2.24) is 0 Å². The molecule has 0 aromatic heterocycles. The summed E-state index contributed by atoms with van der Waals surface area (Å²) in [4.78, 5) is 0. The second-order valence-corrected chi connectivity index (χ2v) is 3.92. The monoisotopic (exact) mass is 204 g/mol. The molecule has 1 aromatic rings. The van der Waals surface area contributed by atoms with Gasteiger partial charge in [0.2, 0.25) is 0 Å². The number of aliphatic hydroxyl groups is 1. The van der Waals surface area contributed by atoms with Gasteiger partial charge < -0.3 is 9.84 Å². The van der Waals surface area contributed by atoms with E-state index in [1.54, 1.807) is 0 Å². The van der Waals surface area contributed by atoms with Crippen LogP contribution in [0, 0.1) is 5.92 Å². The summed E-state index contributed by atoms with van der Waals surface area (Å²) in [5, 5.41) is 9.52. The van der Waals surface area contributed by atoms with E-state index in [4.69, 9.17) is 4.74 Å². The van der Waals surface area contributed by atoms with Crippen LogP contribution in [0.2, 0.25) is 0 Å². The molecule has 1 aliphatic carbocycles. The maximum Gasteiger partial charge on any atom is 0.0774 e. The Labute approximate surface area is 90.2 Å². The van der Waals surface area contributed by atoms with E-state index >= 15 is 0 Å². The van der Waals surface area contributed by atoms with Crippen molar-refractivity contribution in [2.75, 3.05) is 6.61 Å². The number of aliphatic hydroxyl groups excluding tert-OH is 1. The molecule has 0 radical (unpaired) electrons. The zero-order valence-corrected chi connectivity index (χ0v) is 8.67. The molecule has 0 saturated heterocycles. The number of rotatable bonds is 4. The third kappa shape index (κ3) is 2.91. The second-order valence-electron chi connectivity index (χ2n) is 3.92. The molecule has 0 amide bonds. The zero-order chi connectivity index (χ0) is 10.5. The Morgan fingerprint density at radius 3 is 2.73 bits per heavy atom. The fraction of sp³-hybridized carbons (Fsp3) is 0.385. The lowest BCUT2D eigenvalue weighted by atomic mass is 10.1. The highest BCUT2D eigenvalue weighted by Gasteiger charge is 2.20. The molecule has 2 rings (SSSR count). The van der Waals surface area contributed by atoms with Crippen molar-refractivity contribution in [2.45, 2.75) is 19.1 Å². The van der Waals surface area contributed by atoms with Crippen LogP contribution >= 0.6 is 0 Å². The van der Waals surface area contributed by atoms with Crippen molar-refractivity contribution < 1.29 is 9.84 Å². The summed E-state index contributed by atoms with van der Waals surface area (Å²) in [5.41, 5.74) is 1.18. The van der Waals surface area contributed by atoms with Gasteiger partial charge in [-0.05, 0) is 12.0 Å². The van der Waals surface area contributed by atoms with Crippen molar-refractivity contribution in [1.29, 1.82) is 0 Å². The number of ether oxygens (including phenoxy) is 1. The molecular formula is C13H16O2. The van der Waals surface area contributed by atoms with E-state index in [9.17, 15) is 5.11 Å². The molecule has 0 fully saturated rings. The summed E-state index contributed by atoms with van der Waals surface area (Å²) >= 11 is 0. The molecule has 2 atom stereocenters. The number of hydrogen-bond acceptors (Lipinski definition) is 2. The third-order valence-electron chi connectivity index (χ3n) is 2.70. The predicted molar refractivity (Wildman–Crippen MR) is 59.4 cm³/mol. The van der Waals surface area contributed by atoms with Crippen molar-refractivity contribution >= 4 is 0 Å². The van der Waals surface area contributed by atoms with Gasteiger partial charge in [0.25, 0.3) is 0 Å². The first kappa shape index (κ1) is 10.4. The van der Waals surface area contributed by atoms with Gasteiger partial charge in [-0.15, -0.1) is 0 Å². The summed E-state index contributed by atoms with van der Waals surface area (Å²) in [7, 11) is 0. The maximum absolute atomic E-state index is 9.52. The molecule has 2 nitrogen and oxygen atoms in total. The van der Waals surface area contributed by atoms with Gasteiger partial charge in [-0.3, -0.25) is 0 Å². The highest BCUT2D eigenvalue weighted by atomic mass is 16.5. The van der Waals surface area contributed by atoms with Gasteiger partial charge in [0.1, 0.15) is 0 Å². The number of hydrogen-bond donors (Lipinski definition) is 1. The Balaban J connectivity index is 1.71. The molecule has 15 heavy (non-hydrogen) atoms. The minimum absolute atomic E-state index is 0.244. The van der Waals surface area contributed by atoms with Crippen molar-refractivity contribution in [3.05, 3.63) is 48.0 Å². The molecule has 0 unspecified atom stereocenters. The lowest BCUT2D eigenvalue weighted by Gasteiger charge is -2.14. The zero-order valence-electron chi connectivity index (χ0n) is 8.67. The molecule has 1 N–H and O–H groups in total. The average Bonchev–Trinajstić information content (AvgIpc) is 2.66. The standard InChI is InChI=1S/C13H16O2/c14-13-8-4-7-12(13)10-15-9-11-5-2-1-3-6-11/h1-6,8,12-14H,7,9-10H2/t12-,13+/m1/s1. The molecule has 0 bridgehead atoms. The van der Waals surface area contributed by atoms with Crippen LogP contribution in [0.1, 0.15) is 12.0 Å². The minimum Gasteiger partial charge on any atom is -0.389 e. The first-order valence-electron chi connectivity index (χ1n) is 5.32. The average molecular weight is 204 g/mol. The van der Waals surface area contributed by atoms with Crippen molar-refractivity contribution in [2.24, 2.45) is 5.92 Å². The second kappa shape index (κ2) is 5.10. The molecule has 0 saturated carbocycles. The molecule has 0 aliphatic heterocycles. The lowest BCUT2D eigenvalue weighted by Crippen LogP contribution is -2.18. The molecule has 0 spiro atoms. The van der Waals surface area contributed by atoms with Gasteiger partial charge in [0, 0.05) is 5.92 Å². The smallest absolute Gasteiger partial charge is 0.0774 e. The summed E-state index contributed by atoms with van der Waals surface area (Å²) in [6.07, 6.45) is 4.47. The van der Waals surface area contributed by atoms with Crippen molar-refractivity contribution in [3.63, 3.8) is 0 Å². The first-order valence-corrected chi connectivity index (χ1v) is 5.32. The summed E-state index contributed by atoms with van der Waals surface area (Å²) in [6, 6.07) is 10.1. The number of benzene rings is 1. The Bertz CT molecular complexity index is 319. The van der Waals surface area contributed by atoms with Crippen LogP contribution in [0.25, 0.3) is 0 Å². The first-order chi connectivity index (χ1) is 7.36.